The first-order chi connectivity index (χ1) is 12.9. The average Bonchev–Trinajstić information content (AvgIpc) is 3.12. The molecule has 3 N–H and O–H groups in total. The zero-order valence-corrected chi connectivity index (χ0v) is 16.1. The van der Waals surface area contributed by atoms with Crippen LogP contribution in [0.3, 0.4) is 0 Å². The standard InChI is InChI=1S/C19H22N4O3S/c1-13-3-4-14(2)17(11-13)27(24,25)21-10-9-18-22-19(23-26-18)16-7-5-15(12-20)6-8-16/h3-8,11,21H,9-10,12,20H2,1-2H3. The van der Waals surface area contributed by atoms with Gasteiger partial charge in [-0.25, -0.2) is 13.1 Å². The number of hydrogen-bond donors (Lipinski definition) is 2. The predicted molar refractivity (Wildman–Crippen MR) is 102 cm³/mol. The SMILES string of the molecule is Cc1ccc(C)c(S(=O)(=O)NCCc2nc(-c3ccc(CN)cc3)no2)c1. The highest BCUT2D eigenvalue weighted by molar-refractivity contribution is 7.89. The third-order valence-corrected chi connectivity index (χ3v) is 5.78. The minimum atomic E-state index is -3.59. The van der Waals surface area contributed by atoms with E-state index in [1.54, 1.807) is 19.1 Å². The summed E-state index contributed by atoms with van der Waals surface area (Å²) in [5.74, 6) is 0.836. The summed E-state index contributed by atoms with van der Waals surface area (Å²) in [7, 11) is -3.59. The fourth-order valence-corrected chi connectivity index (χ4v) is 3.99. The highest BCUT2D eigenvalue weighted by Gasteiger charge is 2.17. The van der Waals surface area contributed by atoms with Crippen molar-refractivity contribution < 1.29 is 12.9 Å². The van der Waals surface area contributed by atoms with Crippen molar-refractivity contribution in [2.75, 3.05) is 6.54 Å². The summed E-state index contributed by atoms with van der Waals surface area (Å²) in [4.78, 5) is 4.60. The normalized spacial score (nSPS) is 11.7. The lowest BCUT2D eigenvalue weighted by molar-refractivity contribution is 0.379. The van der Waals surface area contributed by atoms with Crippen LogP contribution >= 0.6 is 0 Å². The van der Waals surface area contributed by atoms with Gasteiger partial charge in [-0.1, -0.05) is 41.6 Å². The lowest BCUT2D eigenvalue weighted by Crippen LogP contribution is -2.26. The molecule has 0 amide bonds. The second-order valence-electron chi connectivity index (χ2n) is 6.33. The first kappa shape index (κ1) is 19.2. The molecule has 142 valence electrons. The molecule has 27 heavy (non-hydrogen) atoms. The molecule has 8 heteroatoms. The third kappa shape index (κ3) is 4.60. The second-order valence-corrected chi connectivity index (χ2v) is 8.06. The first-order valence-corrected chi connectivity index (χ1v) is 10.1. The van der Waals surface area contributed by atoms with Crippen LogP contribution < -0.4 is 10.5 Å². The Bertz CT molecular complexity index is 1030. The lowest BCUT2D eigenvalue weighted by Gasteiger charge is -2.09. The van der Waals surface area contributed by atoms with E-state index in [0.717, 1.165) is 16.7 Å². The van der Waals surface area contributed by atoms with Gasteiger partial charge in [0.05, 0.1) is 4.90 Å². The number of rotatable bonds is 7. The number of hydrogen-bond acceptors (Lipinski definition) is 6. The zero-order chi connectivity index (χ0) is 19.4. The van der Waals surface area contributed by atoms with Gasteiger partial charge in [0.15, 0.2) is 0 Å². The molecule has 0 fully saturated rings. The Morgan fingerprint density at radius 1 is 1.11 bits per heavy atom. The number of aryl methyl sites for hydroxylation is 2. The Morgan fingerprint density at radius 3 is 2.56 bits per heavy atom. The monoisotopic (exact) mass is 386 g/mol. The van der Waals surface area contributed by atoms with Gasteiger partial charge in [-0.2, -0.15) is 4.98 Å². The summed E-state index contributed by atoms with van der Waals surface area (Å²) < 4.78 is 32.8. The summed E-state index contributed by atoms with van der Waals surface area (Å²) in [5.41, 5.74) is 9.02. The molecular formula is C19H22N4O3S. The molecule has 0 atom stereocenters. The van der Waals surface area contributed by atoms with Gasteiger partial charge < -0.3 is 10.3 Å². The van der Waals surface area contributed by atoms with Gasteiger partial charge in [-0.3, -0.25) is 0 Å². The van der Waals surface area contributed by atoms with Crippen LogP contribution in [0.5, 0.6) is 0 Å². The van der Waals surface area contributed by atoms with Gasteiger partial charge in [0, 0.05) is 25.1 Å². The number of nitrogens with one attached hydrogen (secondary N) is 1. The number of sulfonamides is 1. The van der Waals surface area contributed by atoms with Crippen molar-refractivity contribution in [3.8, 4) is 11.4 Å². The smallest absolute Gasteiger partial charge is 0.240 e. The molecule has 0 aliphatic rings. The maximum absolute atomic E-state index is 12.5. The van der Waals surface area contributed by atoms with Crippen molar-refractivity contribution in [2.45, 2.75) is 31.7 Å². The van der Waals surface area contributed by atoms with E-state index in [2.05, 4.69) is 14.9 Å². The number of aromatic nitrogens is 2. The molecule has 0 radical (unpaired) electrons. The van der Waals surface area contributed by atoms with Crippen LogP contribution in [0.1, 0.15) is 22.6 Å². The molecule has 1 heterocycles. The van der Waals surface area contributed by atoms with Crippen LogP contribution in [-0.2, 0) is 23.0 Å². The number of nitrogens with two attached hydrogens (primary N) is 1. The summed E-state index contributed by atoms with van der Waals surface area (Å²) in [6.45, 7) is 4.27. The van der Waals surface area contributed by atoms with Crippen molar-refractivity contribution in [1.29, 1.82) is 0 Å². The summed E-state index contributed by atoms with van der Waals surface area (Å²) in [6.07, 6.45) is 0.304. The number of benzene rings is 2. The summed E-state index contributed by atoms with van der Waals surface area (Å²) in [6, 6.07) is 12.9. The molecule has 0 bridgehead atoms. The Hall–Kier alpha value is -2.55. The van der Waals surface area contributed by atoms with E-state index in [-0.39, 0.29) is 11.4 Å². The van der Waals surface area contributed by atoms with Gasteiger partial charge in [0.1, 0.15) is 0 Å². The maximum atomic E-state index is 12.5. The Morgan fingerprint density at radius 2 is 1.85 bits per heavy atom. The van der Waals surface area contributed by atoms with E-state index in [4.69, 9.17) is 10.3 Å². The predicted octanol–water partition coefficient (Wildman–Crippen LogP) is 2.33. The Balaban J connectivity index is 1.64. The largest absolute Gasteiger partial charge is 0.339 e. The molecule has 3 rings (SSSR count). The van der Waals surface area contributed by atoms with Crippen LogP contribution in [0.2, 0.25) is 0 Å². The van der Waals surface area contributed by atoms with Crippen LogP contribution in [0.25, 0.3) is 11.4 Å². The average molecular weight is 386 g/mol. The van der Waals surface area contributed by atoms with Crippen LogP contribution in [0.15, 0.2) is 51.9 Å². The van der Waals surface area contributed by atoms with Gasteiger partial charge >= 0.3 is 0 Å². The van der Waals surface area contributed by atoms with Crippen LogP contribution in [0.4, 0.5) is 0 Å². The molecule has 7 nitrogen and oxygen atoms in total. The van der Waals surface area contributed by atoms with E-state index < -0.39 is 10.0 Å². The fourth-order valence-electron chi connectivity index (χ4n) is 2.63. The molecule has 0 aliphatic heterocycles. The number of nitrogens with zero attached hydrogens (tertiary/aromatic N) is 2. The topological polar surface area (TPSA) is 111 Å². The third-order valence-electron chi connectivity index (χ3n) is 4.18. The van der Waals surface area contributed by atoms with E-state index in [9.17, 15) is 8.42 Å². The highest BCUT2D eigenvalue weighted by Crippen LogP contribution is 2.18. The van der Waals surface area contributed by atoms with Crippen LogP contribution in [-0.4, -0.2) is 25.1 Å². The minimum absolute atomic E-state index is 0.170. The Kier molecular flexibility index (Phi) is 5.69. The molecule has 1 aromatic heterocycles. The first-order valence-electron chi connectivity index (χ1n) is 8.58. The lowest BCUT2D eigenvalue weighted by atomic mass is 10.1. The molecule has 0 aliphatic carbocycles. The van der Waals surface area contributed by atoms with Crippen molar-refractivity contribution in [1.82, 2.24) is 14.9 Å². The summed E-state index contributed by atoms with van der Waals surface area (Å²) >= 11 is 0. The van der Waals surface area contributed by atoms with Gasteiger partial charge in [0.25, 0.3) is 0 Å². The summed E-state index contributed by atoms with van der Waals surface area (Å²) in [5, 5.41) is 3.95. The van der Waals surface area contributed by atoms with E-state index in [0.29, 0.717) is 30.2 Å². The zero-order valence-electron chi connectivity index (χ0n) is 15.3. The van der Waals surface area contributed by atoms with Crippen molar-refractivity contribution in [3.05, 3.63) is 65.0 Å². The highest BCUT2D eigenvalue weighted by atomic mass is 32.2. The molecule has 0 unspecified atom stereocenters. The van der Waals surface area contributed by atoms with Crippen molar-refractivity contribution in [3.63, 3.8) is 0 Å². The van der Waals surface area contributed by atoms with Gasteiger partial charge in [-0.15, -0.1) is 0 Å². The van der Waals surface area contributed by atoms with Crippen LogP contribution in [0, 0.1) is 13.8 Å². The molecule has 0 saturated carbocycles. The van der Waals surface area contributed by atoms with Crippen molar-refractivity contribution >= 4 is 10.0 Å². The fraction of sp³-hybridized carbons (Fsp3) is 0.263. The molecule has 0 spiro atoms. The second kappa shape index (κ2) is 7.99. The Labute approximate surface area is 158 Å². The van der Waals surface area contributed by atoms with Gasteiger partial charge in [0.2, 0.25) is 21.7 Å². The quantitative estimate of drug-likeness (QED) is 0.645. The minimum Gasteiger partial charge on any atom is -0.339 e. The maximum Gasteiger partial charge on any atom is 0.240 e. The molecule has 0 saturated heterocycles. The van der Waals surface area contributed by atoms with E-state index >= 15 is 0 Å². The van der Waals surface area contributed by atoms with Gasteiger partial charge in [-0.05, 0) is 36.6 Å². The molecule has 3 aromatic rings. The molecular weight excluding hydrogens is 364 g/mol. The molecule has 2 aromatic carbocycles. The van der Waals surface area contributed by atoms with E-state index in [1.165, 1.54) is 0 Å². The van der Waals surface area contributed by atoms with Crippen molar-refractivity contribution in [2.24, 2.45) is 5.73 Å². The van der Waals surface area contributed by atoms with E-state index in [1.807, 2.05) is 37.3 Å².